The predicted octanol–water partition coefficient (Wildman–Crippen LogP) is 4.18. The van der Waals surface area contributed by atoms with Gasteiger partial charge in [-0.2, -0.15) is 0 Å². The Kier molecular flexibility index (Phi) is 11.3. The summed E-state index contributed by atoms with van der Waals surface area (Å²) in [7, 11) is 3.90. The molecule has 26 heavy (non-hydrogen) atoms. The molecule has 148 valence electrons. The maximum atomic E-state index is 6.07. The number of hydrogen-bond donors (Lipinski definition) is 1. The van der Waals surface area contributed by atoms with Gasteiger partial charge in [0.05, 0.1) is 6.61 Å². The van der Waals surface area contributed by atoms with Gasteiger partial charge in [0.1, 0.15) is 5.75 Å². The molecule has 1 heterocycles. The van der Waals surface area contributed by atoms with E-state index in [2.05, 4.69) is 22.3 Å². The van der Waals surface area contributed by atoms with E-state index >= 15 is 0 Å². The number of nitrogens with one attached hydrogen (secondary N) is 1. The highest BCUT2D eigenvalue weighted by Crippen LogP contribution is 2.23. The SMILES string of the molecule is CCOc1cc(Cl)ccc1CNC(=NC)N(C)CCC1CCOCC1.I. The topological polar surface area (TPSA) is 46.1 Å². The Morgan fingerprint density at radius 1 is 1.38 bits per heavy atom. The standard InChI is InChI=1S/C19H30ClN3O2.HI/c1-4-25-18-13-17(20)6-5-16(18)14-22-19(21-2)23(3)10-7-15-8-11-24-12-9-15;/h5-6,13,15H,4,7-12,14H2,1-3H3,(H,21,22);1H. The van der Waals surface area contributed by atoms with Crippen LogP contribution in [0.15, 0.2) is 23.2 Å². The van der Waals surface area contributed by atoms with Crippen LogP contribution >= 0.6 is 35.6 Å². The Morgan fingerprint density at radius 2 is 2.12 bits per heavy atom. The van der Waals surface area contributed by atoms with Crippen molar-refractivity contribution >= 4 is 41.5 Å². The van der Waals surface area contributed by atoms with Crippen LogP contribution in [0, 0.1) is 5.92 Å². The zero-order chi connectivity index (χ0) is 18.1. The van der Waals surface area contributed by atoms with Crippen molar-refractivity contribution < 1.29 is 9.47 Å². The van der Waals surface area contributed by atoms with E-state index < -0.39 is 0 Å². The molecule has 1 aromatic carbocycles. The second kappa shape index (κ2) is 12.6. The highest BCUT2D eigenvalue weighted by atomic mass is 127. The Hall–Kier alpha value is -0.730. The number of benzene rings is 1. The van der Waals surface area contributed by atoms with Crippen molar-refractivity contribution in [3.05, 3.63) is 28.8 Å². The molecule has 0 aliphatic carbocycles. The van der Waals surface area contributed by atoms with Crippen LogP contribution in [0.4, 0.5) is 0 Å². The van der Waals surface area contributed by atoms with Crippen LogP contribution in [-0.2, 0) is 11.3 Å². The van der Waals surface area contributed by atoms with E-state index in [9.17, 15) is 0 Å². The zero-order valence-electron chi connectivity index (χ0n) is 16.0. The van der Waals surface area contributed by atoms with E-state index in [0.29, 0.717) is 18.2 Å². The van der Waals surface area contributed by atoms with Crippen molar-refractivity contribution in [1.82, 2.24) is 10.2 Å². The minimum absolute atomic E-state index is 0. The predicted molar refractivity (Wildman–Crippen MR) is 119 cm³/mol. The number of rotatable bonds is 7. The summed E-state index contributed by atoms with van der Waals surface area (Å²) >= 11 is 6.07. The van der Waals surface area contributed by atoms with Crippen LogP contribution in [-0.4, -0.2) is 51.3 Å². The smallest absolute Gasteiger partial charge is 0.193 e. The van der Waals surface area contributed by atoms with Crippen LogP contribution in [0.25, 0.3) is 0 Å². The van der Waals surface area contributed by atoms with Gasteiger partial charge in [-0.15, -0.1) is 24.0 Å². The van der Waals surface area contributed by atoms with E-state index in [1.807, 2.05) is 32.2 Å². The fourth-order valence-electron chi connectivity index (χ4n) is 3.04. The number of nitrogens with zero attached hydrogens (tertiary/aromatic N) is 2. The molecule has 0 atom stereocenters. The second-order valence-corrected chi connectivity index (χ2v) is 6.79. The van der Waals surface area contributed by atoms with Crippen molar-refractivity contribution in [2.45, 2.75) is 32.7 Å². The summed E-state index contributed by atoms with van der Waals surface area (Å²) in [5, 5.41) is 4.10. The number of hydrogen-bond acceptors (Lipinski definition) is 3. The maximum absolute atomic E-state index is 6.07. The van der Waals surface area contributed by atoms with Gasteiger partial charge >= 0.3 is 0 Å². The molecule has 7 heteroatoms. The first-order valence-corrected chi connectivity index (χ1v) is 9.42. The molecule has 0 radical (unpaired) electrons. The van der Waals surface area contributed by atoms with Gasteiger partial charge < -0.3 is 19.7 Å². The highest BCUT2D eigenvalue weighted by molar-refractivity contribution is 14.0. The molecule has 1 saturated heterocycles. The first-order valence-electron chi connectivity index (χ1n) is 9.04. The third-order valence-corrected chi connectivity index (χ3v) is 4.79. The molecule has 0 saturated carbocycles. The molecule has 0 unspecified atom stereocenters. The van der Waals surface area contributed by atoms with E-state index in [0.717, 1.165) is 42.9 Å². The Bertz CT molecular complexity index is 566. The molecule has 0 aromatic heterocycles. The summed E-state index contributed by atoms with van der Waals surface area (Å²) in [5.41, 5.74) is 1.07. The summed E-state index contributed by atoms with van der Waals surface area (Å²) in [6.45, 7) is 6.04. The molecule has 0 amide bonds. The number of guanidine groups is 1. The lowest BCUT2D eigenvalue weighted by Gasteiger charge is -2.27. The van der Waals surface area contributed by atoms with Crippen LogP contribution < -0.4 is 10.1 Å². The number of halogens is 2. The summed E-state index contributed by atoms with van der Waals surface area (Å²) in [4.78, 5) is 6.59. The number of ether oxygens (including phenoxy) is 2. The van der Waals surface area contributed by atoms with Gasteiger partial charge in [0.15, 0.2) is 5.96 Å². The van der Waals surface area contributed by atoms with Gasteiger partial charge in [0.25, 0.3) is 0 Å². The second-order valence-electron chi connectivity index (χ2n) is 6.35. The van der Waals surface area contributed by atoms with Gasteiger partial charge in [-0.05, 0) is 44.2 Å². The van der Waals surface area contributed by atoms with E-state index in [4.69, 9.17) is 21.1 Å². The summed E-state index contributed by atoms with van der Waals surface area (Å²) < 4.78 is 11.1. The Morgan fingerprint density at radius 3 is 2.77 bits per heavy atom. The van der Waals surface area contributed by atoms with Crippen LogP contribution in [0.5, 0.6) is 5.75 Å². The first-order chi connectivity index (χ1) is 12.1. The lowest BCUT2D eigenvalue weighted by atomic mass is 9.96. The fraction of sp³-hybridized carbons (Fsp3) is 0.632. The number of aliphatic imine (C=N–C) groups is 1. The zero-order valence-corrected chi connectivity index (χ0v) is 19.0. The lowest BCUT2D eigenvalue weighted by Crippen LogP contribution is -2.39. The third-order valence-electron chi connectivity index (χ3n) is 4.55. The summed E-state index contributed by atoms with van der Waals surface area (Å²) in [6.07, 6.45) is 3.51. The summed E-state index contributed by atoms with van der Waals surface area (Å²) in [6, 6.07) is 5.74. The van der Waals surface area contributed by atoms with Crippen molar-refractivity contribution in [2.75, 3.05) is 40.5 Å². The van der Waals surface area contributed by atoms with Crippen LogP contribution in [0.2, 0.25) is 5.02 Å². The third kappa shape index (κ3) is 7.48. The van der Waals surface area contributed by atoms with Crippen LogP contribution in [0.3, 0.4) is 0 Å². The van der Waals surface area contributed by atoms with Crippen molar-refractivity contribution in [2.24, 2.45) is 10.9 Å². The van der Waals surface area contributed by atoms with Gasteiger partial charge in [-0.1, -0.05) is 17.7 Å². The molecule has 0 spiro atoms. The van der Waals surface area contributed by atoms with Gasteiger partial charge in [-0.3, -0.25) is 4.99 Å². The summed E-state index contributed by atoms with van der Waals surface area (Å²) in [5.74, 6) is 2.47. The van der Waals surface area contributed by atoms with E-state index in [-0.39, 0.29) is 24.0 Å². The van der Waals surface area contributed by atoms with E-state index in [1.54, 1.807) is 0 Å². The van der Waals surface area contributed by atoms with Gasteiger partial charge in [0.2, 0.25) is 0 Å². The molecule has 0 bridgehead atoms. The molecule has 1 fully saturated rings. The average Bonchev–Trinajstić information content (AvgIpc) is 2.63. The fourth-order valence-corrected chi connectivity index (χ4v) is 3.20. The Balaban J connectivity index is 0.00000338. The molecular formula is C19H31ClIN3O2. The Labute approximate surface area is 179 Å². The van der Waals surface area contributed by atoms with Crippen molar-refractivity contribution in [3.63, 3.8) is 0 Å². The first kappa shape index (κ1) is 23.3. The lowest BCUT2D eigenvalue weighted by molar-refractivity contribution is 0.0625. The van der Waals surface area contributed by atoms with Crippen molar-refractivity contribution in [1.29, 1.82) is 0 Å². The largest absolute Gasteiger partial charge is 0.493 e. The molecule has 5 nitrogen and oxygen atoms in total. The molecule has 1 aliphatic heterocycles. The minimum Gasteiger partial charge on any atom is -0.493 e. The maximum Gasteiger partial charge on any atom is 0.193 e. The average molecular weight is 496 g/mol. The quantitative estimate of drug-likeness (QED) is 0.350. The van der Waals surface area contributed by atoms with Crippen molar-refractivity contribution in [3.8, 4) is 5.75 Å². The van der Waals surface area contributed by atoms with E-state index in [1.165, 1.54) is 19.3 Å². The molecular weight excluding hydrogens is 465 g/mol. The molecule has 1 N–H and O–H groups in total. The minimum atomic E-state index is 0. The normalized spacial score (nSPS) is 15.3. The molecule has 1 aliphatic rings. The van der Waals surface area contributed by atoms with Gasteiger partial charge in [0, 0.05) is 51.0 Å². The van der Waals surface area contributed by atoms with Gasteiger partial charge in [-0.25, -0.2) is 0 Å². The molecule has 2 rings (SSSR count). The monoisotopic (exact) mass is 495 g/mol. The van der Waals surface area contributed by atoms with Crippen LogP contribution in [0.1, 0.15) is 31.7 Å². The molecule has 1 aromatic rings. The highest BCUT2D eigenvalue weighted by Gasteiger charge is 2.15.